The molecular weight excluding hydrogens is 288 g/mol. The maximum absolute atomic E-state index is 12.5. The number of aldehydes is 1. The van der Waals surface area contributed by atoms with Gasteiger partial charge in [0.1, 0.15) is 5.25 Å². The van der Waals surface area contributed by atoms with E-state index in [-0.39, 0.29) is 9.77 Å². The number of sulfone groups is 1. The van der Waals surface area contributed by atoms with Gasteiger partial charge in [0.15, 0.2) is 16.1 Å². The molecule has 2 aromatic heterocycles. The van der Waals surface area contributed by atoms with Gasteiger partial charge in [-0.1, -0.05) is 12.1 Å². The van der Waals surface area contributed by atoms with Crippen molar-refractivity contribution >= 4 is 38.8 Å². The topological polar surface area (TPSA) is 51.2 Å². The Labute approximate surface area is 113 Å². The highest BCUT2D eigenvalue weighted by molar-refractivity contribution is 7.92. The van der Waals surface area contributed by atoms with Gasteiger partial charge in [-0.3, -0.25) is 4.79 Å². The molecule has 1 atom stereocenters. The van der Waals surface area contributed by atoms with Crippen molar-refractivity contribution in [3.8, 4) is 0 Å². The SMILES string of the molecule is C=CC(c1cccs1)S(=O)(=O)c1ccsc1C=O. The van der Waals surface area contributed by atoms with E-state index >= 15 is 0 Å². The Bertz CT molecular complexity index is 651. The molecule has 18 heavy (non-hydrogen) atoms. The van der Waals surface area contributed by atoms with Crippen molar-refractivity contribution in [3.05, 3.63) is 51.4 Å². The molecule has 0 bridgehead atoms. The maximum atomic E-state index is 12.5. The van der Waals surface area contributed by atoms with Crippen LogP contribution in [-0.4, -0.2) is 14.7 Å². The van der Waals surface area contributed by atoms with E-state index in [9.17, 15) is 13.2 Å². The summed E-state index contributed by atoms with van der Waals surface area (Å²) >= 11 is 2.48. The Balaban J connectivity index is 2.54. The van der Waals surface area contributed by atoms with Crippen molar-refractivity contribution in [2.45, 2.75) is 10.1 Å². The zero-order valence-corrected chi connectivity index (χ0v) is 11.7. The maximum Gasteiger partial charge on any atom is 0.191 e. The van der Waals surface area contributed by atoms with Gasteiger partial charge in [0.25, 0.3) is 0 Å². The fourth-order valence-corrected chi connectivity index (χ4v) is 5.53. The summed E-state index contributed by atoms with van der Waals surface area (Å²) in [7, 11) is -3.60. The monoisotopic (exact) mass is 298 g/mol. The second kappa shape index (κ2) is 5.17. The van der Waals surface area contributed by atoms with Crippen LogP contribution in [0, 0.1) is 0 Å². The first-order valence-corrected chi connectivity index (χ1v) is 8.34. The van der Waals surface area contributed by atoms with Gasteiger partial charge in [-0.05, 0) is 22.9 Å². The van der Waals surface area contributed by atoms with Crippen LogP contribution in [0.5, 0.6) is 0 Å². The largest absolute Gasteiger partial charge is 0.297 e. The number of thiophene rings is 2. The van der Waals surface area contributed by atoms with Gasteiger partial charge in [0, 0.05) is 4.88 Å². The fraction of sp³-hybridized carbons (Fsp3) is 0.0833. The van der Waals surface area contributed by atoms with Crippen molar-refractivity contribution in [2.24, 2.45) is 0 Å². The summed E-state index contributed by atoms with van der Waals surface area (Å²) in [5.41, 5.74) is 0. The van der Waals surface area contributed by atoms with Crippen LogP contribution >= 0.6 is 22.7 Å². The Morgan fingerprint density at radius 1 is 1.22 bits per heavy atom. The Morgan fingerprint density at radius 3 is 2.56 bits per heavy atom. The number of carbonyl (C=O) groups is 1. The molecule has 0 saturated heterocycles. The first-order valence-electron chi connectivity index (χ1n) is 5.03. The van der Waals surface area contributed by atoms with Crippen LogP contribution in [0.2, 0.25) is 0 Å². The van der Waals surface area contributed by atoms with Gasteiger partial charge >= 0.3 is 0 Å². The standard InChI is InChI=1S/C12H10O3S3/c1-2-11(9-4-3-6-16-9)18(14,15)12-5-7-17-10(12)8-13/h2-8,11H,1H2. The zero-order chi connectivity index (χ0) is 13.2. The lowest BCUT2D eigenvalue weighted by Crippen LogP contribution is -2.11. The van der Waals surface area contributed by atoms with E-state index in [2.05, 4.69) is 6.58 Å². The number of carbonyl (C=O) groups excluding carboxylic acids is 1. The van der Waals surface area contributed by atoms with Crippen LogP contribution in [0.4, 0.5) is 0 Å². The van der Waals surface area contributed by atoms with Gasteiger partial charge in [0.2, 0.25) is 0 Å². The number of rotatable bonds is 5. The van der Waals surface area contributed by atoms with E-state index in [4.69, 9.17) is 0 Å². The van der Waals surface area contributed by atoms with Crippen molar-refractivity contribution in [1.82, 2.24) is 0 Å². The molecule has 0 aliphatic heterocycles. The quantitative estimate of drug-likeness (QED) is 0.628. The summed E-state index contributed by atoms with van der Waals surface area (Å²) in [5, 5.41) is 2.62. The summed E-state index contributed by atoms with van der Waals surface area (Å²) in [6, 6.07) is 5.01. The van der Waals surface area contributed by atoms with Gasteiger partial charge in [-0.25, -0.2) is 8.42 Å². The lowest BCUT2D eigenvalue weighted by Gasteiger charge is -2.11. The molecule has 2 rings (SSSR count). The predicted molar refractivity (Wildman–Crippen MR) is 74.1 cm³/mol. The minimum atomic E-state index is -3.60. The second-order valence-corrected chi connectivity index (χ2v) is 7.45. The third kappa shape index (κ3) is 2.19. The molecule has 2 heterocycles. The molecule has 0 aliphatic rings. The van der Waals surface area contributed by atoms with E-state index < -0.39 is 15.1 Å². The summed E-state index contributed by atoms with van der Waals surface area (Å²) in [5.74, 6) is 0. The van der Waals surface area contributed by atoms with Crippen LogP contribution in [0.25, 0.3) is 0 Å². The molecule has 0 amide bonds. The number of hydrogen-bond acceptors (Lipinski definition) is 5. The molecule has 6 heteroatoms. The average molecular weight is 298 g/mol. The normalized spacial score (nSPS) is 13.1. The third-order valence-corrected chi connectivity index (χ3v) is 6.60. The smallest absolute Gasteiger partial charge is 0.191 e. The summed E-state index contributed by atoms with van der Waals surface area (Å²) in [4.78, 5) is 11.9. The van der Waals surface area contributed by atoms with Gasteiger partial charge in [-0.15, -0.1) is 29.3 Å². The molecule has 0 aliphatic carbocycles. The van der Waals surface area contributed by atoms with Crippen LogP contribution in [0.1, 0.15) is 19.8 Å². The van der Waals surface area contributed by atoms with Crippen LogP contribution in [0.15, 0.2) is 46.5 Å². The lowest BCUT2D eigenvalue weighted by molar-refractivity contribution is 0.112. The highest BCUT2D eigenvalue weighted by Crippen LogP contribution is 2.35. The molecule has 1 unspecified atom stereocenters. The van der Waals surface area contributed by atoms with Gasteiger partial charge in [0.05, 0.1) is 9.77 Å². The van der Waals surface area contributed by atoms with E-state index in [1.807, 2.05) is 5.38 Å². The molecule has 0 aromatic carbocycles. The summed E-state index contributed by atoms with van der Waals surface area (Å²) in [6.07, 6.45) is 1.97. The highest BCUT2D eigenvalue weighted by Gasteiger charge is 2.29. The van der Waals surface area contributed by atoms with Gasteiger partial charge in [-0.2, -0.15) is 0 Å². The average Bonchev–Trinajstić information content (AvgIpc) is 3.00. The van der Waals surface area contributed by atoms with Gasteiger partial charge < -0.3 is 0 Å². The van der Waals surface area contributed by atoms with E-state index in [1.165, 1.54) is 23.5 Å². The van der Waals surface area contributed by atoms with Crippen molar-refractivity contribution < 1.29 is 13.2 Å². The molecule has 2 aromatic rings. The van der Waals surface area contributed by atoms with Crippen molar-refractivity contribution in [3.63, 3.8) is 0 Å². The van der Waals surface area contributed by atoms with E-state index in [0.29, 0.717) is 11.2 Å². The van der Waals surface area contributed by atoms with Crippen LogP contribution in [-0.2, 0) is 9.84 Å². The van der Waals surface area contributed by atoms with Crippen LogP contribution < -0.4 is 0 Å². The molecule has 0 spiro atoms. The Morgan fingerprint density at radius 2 is 2.00 bits per heavy atom. The molecule has 3 nitrogen and oxygen atoms in total. The number of hydrogen-bond donors (Lipinski definition) is 0. The molecule has 0 radical (unpaired) electrons. The first kappa shape index (κ1) is 13.2. The summed E-state index contributed by atoms with van der Waals surface area (Å²) < 4.78 is 25.0. The molecular formula is C12H10O3S3. The van der Waals surface area contributed by atoms with Crippen LogP contribution in [0.3, 0.4) is 0 Å². The highest BCUT2D eigenvalue weighted by atomic mass is 32.2. The molecule has 0 fully saturated rings. The lowest BCUT2D eigenvalue weighted by atomic mass is 10.3. The minimum Gasteiger partial charge on any atom is -0.297 e. The molecule has 94 valence electrons. The second-order valence-electron chi connectivity index (χ2n) is 3.48. The Kier molecular flexibility index (Phi) is 3.79. The van der Waals surface area contributed by atoms with E-state index in [1.54, 1.807) is 17.5 Å². The minimum absolute atomic E-state index is 0.0841. The van der Waals surface area contributed by atoms with Crippen molar-refractivity contribution in [2.75, 3.05) is 0 Å². The Hall–Kier alpha value is -1.24. The van der Waals surface area contributed by atoms with E-state index in [0.717, 1.165) is 11.3 Å². The summed E-state index contributed by atoms with van der Waals surface area (Å²) in [6.45, 7) is 3.59. The fourth-order valence-electron chi connectivity index (χ4n) is 1.62. The first-order chi connectivity index (χ1) is 8.61. The zero-order valence-electron chi connectivity index (χ0n) is 9.28. The molecule has 0 N–H and O–H groups in total. The predicted octanol–water partition coefficient (Wildman–Crippen LogP) is 3.32. The molecule has 0 saturated carbocycles. The van der Waals surface area contributed by atoms with Crippen molar-refractivity contribution in [1.29, 1.82) is 0 Å². The third-order valence-electron chi connectivity index (χ3n) is 2.44.